The first-order valence-electron chi connectivity index (χ1n) is 3.95. The Morgan fingerprint density at radius 1 is 1.42 bits per heavy atom. The Bertz CT molecular complexity index is 231. The third kappa shape index (κ3) is 2.47. The van der Waals surface area contributed by atoms with Crippen LogP contribution in [0.1, 0.15) is 18.6 Å². The molecule has 1 aromatic carbocycles. The summed E-state index contributed by atoms with van der Waals surface area (Å²) in [7, 11) is 0. The van der Waals surface area contributed by atoms with Crippen LogP contribution in [0, 0.1) is 0 Å². The smallest absolute Gasteiger partial charge is 0.145 e. The topological polar surface area (TPSA) is 26.3 Å². The number of rotatable bonds is 4. The van der Waals surface area contributed by atoms with Crippen LogP contribution in [0.4, 0.5) is 0 Å². The Hall–Kier alpha value is -1.15. The van der Waals surface area contributed by atoms with Crippen LogP contribution in [0.15, 0.2) is 30.3 Å². The average molecular weight is 164 g/mol. The first-order chi connectivity index (χ1) is 5.84. The van der Waals surface area contributed by atoms with Crippen molar-refractivity contribution in [1.29, 1.82) is 0 Å². The van der Waals surface area contributed by atoms with Crippen LogP contribution in [-0.4, -0.2) is 12.9 Å². The van der Waals surface area contributed by atoms with E-state index in [1.54, 1.807) is 0 Å². The monoisotopic (exact) mass is 164 g/mol. The number of ether oxygens (including phenoxy) is 1. The summed E-state index contributed by atoms with van der Waals surface area (Å²) in [4.78, 5) is 10.0. The number of carbonyl (C=O) groups is 1. The Balaban J connectivity index is 2.53. The van der Waals surface area contributed by atoms with Crippen LogP contribution in [-0.2, 0) is 9.53 Å². The molecule has 1 rings (SSSR count). The Kier molecular flexibility index (Phi) is 3.48. The number of hydrogen-bond donors (Lipinski definition) is 0. The van der Waals surface area contributed by atoms with Gasteiger partial charge in [0.15, 0.2) is 0 Å². The van der Waals surface area contributed by atoms with E-state index in [1.807, 2.05) is 37.3 Å². The van der Waals surface area contributed by atoms with Gasteiger partial charge in [0.1, 0.15) is 12.9 Å². The largest absolute Gasteiger partial charge is 0.366 e. The van der Waals surface area contributed by atoms with Crippen molar-refractivity contribution in [3.05, 3.63) is 35.9 Å². The fraction of sp³-hybridized carbons (Fsp3) is 0.300. The van der Waals surface area contributed by atoms with Gasteiger partial charge in [0.2, 0.25) is 0 Å². The molecule has 0 aliphatic heterocycles. The summed E-state index contributed by atoms with van der Waals surface area (Å²) in [6.07, 6.45) is 0.760. The minimum atomic E-state index is -0.00333. The summed E-state index contributed by atoms with van der Waals surface area (Å²) in [6.45, 7) is 2.09. The second-order valence-electron chi connectivity index (χ2n) is 2.55. The van der Waals surface area contributed by atoms with E-state index in [9.17, 15) is 4.79 Å². The lowest BCUT2D eigenvalue weighted by atomic mass is 10.1. The van der Waals surface area contributed by atoms with E-state index in [0.717, 1.165) is 11.8 Å². The molecule has 1 aromatic rings. The molecule has 64 valence electrons. The third-order valence-electron chi connectivity index (χ3n) is 1.68. The van der Waals surface area contributed by atoms with Crippen LogP contribution >= 0.6 is 0 Å². The van der Waals surface area contributed by atoms with Crippen molar-refractivity contribution in [1.82, 2.24) is 0 Å². The van der Waals surface area contributed by atoms with Gasteiger partial charge in [-0.25, -0.2) is 0 Å². The Morgan fingerprint density at radius 3 is 2.67 bits per heavy atom. The van der Waals surface area contributed by atoms with Gasteiger partial charge in [-0.15, -0.1) is 0 Å². The van der Waals surface area contributed by atoms with E-state index in [2.05, 4.69) is 0 Å². The number of aldehydes is 1. The maximum Gasteiger partial charge on any atom is 0.145 e. The zero-order valence-electron chi connectivity index (χ0n) is 7.07. The molecule has 0 bridgehead atoms. The molecule has 2 nitrogen and oxygen atoms in total. The van der Waals surface area contributed by atoms with Gasteiger partial charge in [-0.2, -0.15) is 0 Å². The molecule has 2 heteroatoms. The quantitative estimate of drug-likeness (QED) is 0.636. The van der Waals surface area contributed by atoms with Crippen molar-refractivity contribution in [3.63, 3.8) is 0 Å². The molecule has 0 amide bonds. The Morgan fingerprint density at radius 2 is 2.08 bits per heavy atom. The second kappa shape index (κ2) is 4.67. The molecular formula is C10H12O2. The van der Waals surface area contributed by atoms with Gasteiger partial charge >= 0.3 is 0 Å². The van der Waals surface area contributed by atoms with Crippen LogP contribution in [0.2, 0.25) is 0 Å². The fourth-order valence-corrected chi connectivity index (χ4v) is 1.00. The highest BCUT2D eigenvalue weighted by molar-refractivity contribution is 5.50. The summed E-state index contributed by atoms with van der Waals surface area (Å²) < 4.78 is 5.21. The molecule has 0 saturated heterocycles. The zero-order valence-corrected chi connectivity index (χ0v) is 7.07. The highest BCUT2D eigenvalue weighted by atomic mass is 16.5. The average Bonchev–Trinajstić information content (AvgIpc) is 2.15. The lowest BCUT2D eigenvalue weighted by molar-refractivity contribution is -0.113. The van der Waals surface area contributed by atoms with E-state index < -0.39 is 0 Å². The highest BCUT2D eigenvalue weighted by Crippen LogP contribution is 2.14. The summed E-state index contributed by atoms with van der Waals surface area (Å²) in [6, 6.07) is 9.83. The van der Waals surface area contributed by atoms with Gasteiger partial charge in [0, 0.05) is 0 Å². The van der Waals surface area contributed by atoms with E-state index >= 15 is 0 Å². The summed E-state index contributed by atoms with van der Waals surface area (Å²) >= 11 is 0. The molecule has 0 aliphatic rings. The van der Waals surface area contributed by atoms with Gasteiger partial charge in [0.05, 0.1) is 6.10 Å². The van der Waals surface area contributed by atoms with Crippen molar-refractivity contribution < 1.29 is 9.53 Å². The predicted octanol–water partition coefficient (Wildman–Crippen LogP) is 1.96. The Labute approximate surface area is 72.2 Å². The van der Waals surface area contributed by atoms with Crippen molar-refractivity contribution in [2.45, 2.75) is 13.0 Å². The minimum Gasteiger partial charge on any atom is -0.366 e. The molecule has 0 N–H and O–H groups in total. The summed E-state index contributed by atoms with van der Waals surface area (Å²) in [5, 5.41) is 0. The molecule has 0 saturated carbocycles. The molecule has 1 unspecified atom stereocenters. The van der Waals surface area contributed by atoms with Crippen LogP contribution in [0.3, 0.4) is 0 Å². The molecule has 1 atom stereocenters. The first kappa shape index (κ1) is 8.94. The SMILES string of the molecule is CC(OCC=O)c1ccccc1. The van der Waals surface area contributed by atoms with Gasteiger partial charge < -0.3 is 9.53 Å². The van der Waals surface area contributed by atoms with Crippen LogP contribution in [0.25, 0.3) is 0 Å². The number of benzene rings is 1. The van der Waals surface area contributed by atoms with Crippen molar-refractivity contribution in [2.24, 2.45) is 0 Å². The molecule has 0 heterocycles. The van der Waals surface area contributed by atoms with Gasteiger partial charge in [-0.1, -0.05) is 30.3 Å². The van der Waals surface area contributed by atoms with Gasteiger partial charge in [0.25, 0.3) is 0 Å². The zero-order chi connectivity index (χ0) is 8.81. The maximum absolute atomic E-state index is 10.0. The lowest BCUT2D eigenvalue weighted by Crippen LogP contribution is -2.01. The van der Waals surface area contributed by atoms with Crippen molar-refractivity contribution in [3.8, 4) is 0 Å². The molecular weight excluding hydrogens is 152 g/mol. The number of carbonyl (C=O) groups excluding carboxylic acids is 1. The maximum atomic E-state index is 10.0. The fourth-order valence-electron chi connectivity index (χ4n) is 1.00. The van der Waals surface area contributed by atoms with E-state index in [0.29, 0.717) is 0 Å². The molecule has 0 fully saturated rings. The van der Waals surface area contributed by atoms with Crippen molar-refractivity contribution >= 4 is 6.29 Å². The summed E-state index contributed by atoms with van der Waals surface area (Å²) in [5.74, 6) is 0. The minimum absolute atomic E-state index is 0.00333. The molecule has 0 radical (unpaired) electrons. The van der Waals surface area contributed by atoms with Crippen molar-refractivity contribution in [2.75, 3.05) is 6.61 Å². The van der Waals surface area contributed by atoms with Gasteiger partial charge in [-0.05, 0) is 12.5 Å². The molecule has 12 heavy (non-hydrogen) atoms. The van der Waals surface area contributed by atoms with E-state index in [1.165, 1.54) is 0 Å². The lowest BCUT2D eigenvalue weighted by Gasteiger charge is -2.10. The van der Waals surface area contributed by atoms with Crippen LogP contribution < -0.4 is 0 Å². The van der Waals surface area contributed by atoms with Crippen LogP contribution in [0.5, 0.6) is 0 Å². The summed E-state index contributed by atoms with van der Waals surface area (Å²) in [5.41, 5.74) is 1.10. The standard InChI is InChI=1S/C10H12O2/c1-9(12-8-7-11)10-5-3-2-4-6-10/h2-7,9H,8H2,1H3. The second-order valence-corrected chi connectivity index (χ2v) is 2.55. The molecule has 0 aromatic heterocycles. The highest BCUT2D eigenvalue weighted by Gasteiger charge is 2.02. The first-order valence-corrected chi connectivity index (χ1v) is 3.95. The molecule has 0 aliphatic carbocycles. The van der Waals surface area contributed by atoms with E-state index in [4.69, 9.17) is 4.74 Å². The number of hydrogen-bond acceptors (Lipinski definition) is 2. The predicted molar refractivity (Wildman–Crippen MR) is 46.9 cm³/mol. The van der Waals surface area contributed by atoms with E-state index in [-0.39, 0.29) is 12.7 Å². The normalized spacial score (nSPS) is 12.4. The van der Waals surface area contributed by atoms with Gasteiger partial charge in [-0.3, -0.25) is 0 Å². The third-order valence-corrected chi connectivity index (χ3v) is 1.68. The molecule has 0 spiro atoms.